The highest BCUT2D eigenvalue weighted by molar-refractivity contribution is 7.89. The van der Waals surface area contributed by atoms with Crippen LogP contribution in [0, 0.1) is 0 Å². The number of rotatable bonds is 9. The normalized spacial score (nSPS) is 12.2. The minimum Gasteiger partial charge on any atom is -0.363 e. The monoisotopic (exact) mass is 288 g/mol. The van der Waals surface area contributed by atoms with Gasteiger partial charge < -0.3 is 15.2 Å². The number of hydrogen-bond donors (Lipinski definition) is 3. The molecule has 1 rings (SSSR count). The molecule has 1 aromatic heterocycles. The van der Waals surface area contributed by atoms with Gasteiger partial charge in [0, 0.05) is 31.5 Å². The third-order valence-corrected chi connectivity index (χ3v) is 4.06. The number of sulfonamides is 1. The summed E-state index contributed by atoms with van der Waals surface area (Å²) in [5, 5.41) is 3.22. The molecule has 6 nitrogen and oxygen atoms in total. The number of nitrogens with one attached hydrogen (secondary N) is 3. The van der Waals surface area contributed by atoms with Gasteiger partial charge in [0.25, 0.3) is 0 Å². The van der Waals surface area contributed by atoms with Crippen LogP contribution in [0.25, 0.3) is 0 Å². The topological polar surface area (TPSA) is 77.2 Å². The molecule has 0 aliphatic carbocycles. The Morgan fingerprint density at radius 1 is 1.32 bits per heavy atom. The molecule has 110 valence electrons. The van der Waals surface area contributed by atoms with Crippen LogP contribution >= 0.6 is 0 Å². The molecule has 0 fully saturated rings. The second kappa shape index (κ2) is 7.64. The van der Waals surface area contributed by atoms with Crippen molar-refractivity contribution in [2.24, 2.45) is 0 Å². The summed E-state index contributed by atoms with van der Waals surface area (Å²) in [6, 6.07) is 1.67. The van der Waals surface area contributed by atoms with Crippen LogP contribution in [-0.4, -0.2) is 52.0 Å². The highest BCUT2D eigenvalue weighted by Crippen LogP contribution is 2.10. The number of aromatic nitrogens is 1. The van der Waals surface area contributed by atoms with Crippen LogP contribution in [0.4, 0.5) is 0 Å². The summed E-state index contributed by atoms with van der Waals surface area (Å²) in [5.74, 6) is 0. The molecule has 0 unspecified atom stereocenters. The maximum absolute atomic E-state index is 12.0. The predicted molar refractivity (Wildman–Crippen MR) is 76.5 cm³/mol. The predicted octanol–water partition coefficient (Wildman–Crippen LogP) is 0.354. The fourth-order valence-corrected chi connectivity index (χ4v) is 2.60. The van der Waals surface area contributed by atoms with Crippen molar-refractivity contribution >= 4 is 10.0 Å². The molecule has 0 amide bonds. The fraction of sp³-hybridized carbons (Fsp3) is 0.667. The summed E-state index contributed by atoms with van der Waals surface area (Å²) >= 11 is 0. The molecule has 0 aliphatic heterocycles. The average Bonchev–Trinajstić information content (AvgIpc) is 2.78. The van der Waals surface area contributed by atoms with Gasteiger partial charge in [0.05, 0.1) is 4.90 Å². The standard InChI is InChI=1S/C12H24N4O2S/c1-4-5-13-9-11-8-12(10-14-11)19(17,18)15-6-7-16(2)3/h8,10,13-15H,4-7,9H2,1-3H3. The smallest absolute Gasteiger partial charge is 0.242 e. The van der Waals surface area contributed by atoms with Gasteiger partial charge in [-0.2, -0.15) is 0 Å². The first kappa shape index (κ1) is 16.2. The van der Waals surface area contributed by atoms with Gasteiger partial charge in [-0.3, -0.25) is 0 Å². The molecular formula is C12H24N4O2S. The summed E-state index contributed by atoms with van der Waals surface area (Å²) in [7, 11) is 0.408. The van der Waals surface area contributed by atoms with Gasteiger partial charge in [-0.15, -0.1) is 0 Å². The van der Waals surface area contributed by atoms with E-state index in [0.29, 0.717) is 24.5 Å². The Morgan fingerprint density at radius 3 is 2.68 bits per heavy atom. The van der Waals surface area contributed by atoms with Gasteiger partial charge in [0.1, 0.15) is 0 Å². The lowest BCUT2D eigenvalue weighted by Gasteiger charge is -2.09. The van der Waals surface area contributed by atoms with E-state index < -0.39 is 10.0 Å². The largest absolute Gasteiger partial charge is 0.363 e. The first-order valence-electron chi connectivity index (χ1n) is 6.48. The number of nitrogens with zero attached hydrogens (tertiary/aromatic N) is 1. The van der Waals surface area contributed by atoms with Gasteiger partial charge in [-0.25, -0.2) is 13.1 Å². The van der Waals surface area contributed by atoms with Gasteiger partial charge in [-0.1, -0.05) is 6.92 Å². The first-order chi connectivity index (χ1) is 8.95. The lowest BCUT2D eigenvalue weighted by atomic mass is 10.4. The Labute approximate surface area is 115 Å². The molecule has 0 radical (unpaired) electrons. The zero-order valence-electron chi connectivity index (χ0n) is 11.9. The van der Waals surface area contributed by atoms with E-state index in [1.165, 1.54) is 6.20 Å². The van der Waals surface area contributed by atoms with Crippen molar-refractivity contribution in [1.82, 2.24) is 19.9 Å². The minimum absolute atomic E-state index is 0.291. The van der Waals surface area contributed by atoms with E-state index in [2.05, 4.69) is 21.9 Å². The van der Waals surface area contributed by atoms with E-state index in [-0.39, 0.29) is 0 Å². The Morgan fingerprint density at radius 2 is 2.05 bits per heavy atom. The summed E-state index contributed by atoms with van der Waals surface area (Å²) in [5.41, 5.74) is 0.876. The van der Waals surface area contributed by atoms with Crippen molar-refractivity contribution < 1.29 is 8.42 Å². The second-order valence-corrected chi connectivity index (χ2v) is 6.51. The van der Waals surface area contributed by atoms with E-state index in [1.807, 2.05) is 19.0 Å². The summed E-state index contributed by atoms with van der Waals surface area (Å²) in [4.78, 5) is 5.20. The number of H-pyrrole nitrogens is 1. The maximum atomic E-state index is 12.0. The Kier molecular flexibility index (Phi) is 6.50. The average molecular weight is 288 g/mol. The van der Waals surface area contributed by atoms with E-state index in [1.54, 1.807) is 6.07 Å². The molecule has 7 heteroatoms. The third-order valence-electron chi connectivity index (χ3n) is 2.62. The minimum atomic E-state index is -3.40. The molecule has 0 saturated heterocycles. The van der Waals surface area contributed by atoms with E-state index >= 15 is 0 Å². The van der Waals surface area contributed by atoms with Crippen LogP contribution in [0.5, 0.6) is 0 Å². The molecule has 0 aliphatic rings. The van der Waals surface area contributed by atoms with E-state index in [9.17, 15) is 8.42 Å². The molecule has 0 bridgehead atoms. The van der Waals surface area contributed by atoms with Crippen molar-refractivity contribution in [3.8, 4) is 0 Å². The Hall–Kier alpha value is -0.890. The van der Waals surface area contributed by atoms with Crippen LogP contribution < -0.4 is 10.0 Å². The summed E-state index contributed by atoms with van der Waals surface area (Å²) in [6.45, 7) is 4.74. The van der Waals surface area contributed by atoms with Gasteiger partial charge in [0.15, 0.2) is 0 Å². The van der Waals surface area contributed by atoms with Crippen LogP contribution in [0.3, 0.4) is 0 Å². The van der Waals surface area contributed by atoms with E-state index in [0.717, 1.165) is 18.7 Å². The molecular weight excluding hydrogens is 264 g/mol. The van der Waals surface area contributed by atoms with Crippen molar-refractivity contribution in [3.05, 3.63) is 18.0 Å². The third kappa shape index (κ3) is 5.73. The zero-order chi connectivity index (χ0) is 14.3. The number of hydrogen-bond acceptors (Lipinski definition) is 4. The van der Waals surface area contributed by atoms with Gasteiger partial charge in [0.2, 0.25) is 10.0 Å². The van der Waals surface area contributed by atoms with Crippen LogP contribution in [-0.2, 0) is 16.6 Å². The molecule has 19 heavy (non-hydrogen) atoms. The Bertz CT molecular complexity index is 468. The highest BCUT2D eigenvalue weighted by Gasteiger charge is 2.15. The number of aromatic amines is 1. The summed E-state index contributed by atoms with van der Waals surface area (Å²) < 4.78 is 26.6. The first-order valence-corrected chi connectivity index (χ1v) is 7.96. The molecule has 1 heterocycles. The Balaban J connectivity index is 2.53. The zero-order valence-corrected chi connectivity index (χ0v) is 12.7. The second-order valence-electron chi connectivity index (χ2n) is 4.74. The lowest BCUT2D eigenvalue weighted by molar-refractivity contribution is 0.412. The molecule has 0 saturated carbocycles. The molecule has 0 spiro atoms. The van der Waals surface area contributed by atoms with Crippen LogP contribution in [0.1, 0.15) is 19.0 Å². The van der Waals surface area contributed by atoms with Crippen molar-refractivity contribution in [2.75, 3.05) is 33.7 Å². The quantitative estimate of drug-likeness (QED) is 0.573. The van der Waals surface area contributed by atoms with Crippen molar-refractivity contribution in [1.29, 1.82) is 0 Å². The van der Waals surface area contributed by atoms with Crippen LogP contribution in [0.15, 0.2) is 17.2 Å². The molecule has 0 atom stereocenters. The maximum Gasteiger partial charge on any atom is 0.242 e. The molecule has 3 N–H and O–H groups in total. The van der Waals surface area contributed by atoms with E-state index in [4.69, 9.17) is 0 Å². The van der Waals surface area contributed by atoms with Crippen LogP contribution in [0.2, 0.25) is 0 Å². The van der Waals surface area contributed by atoms with Gasteiger partial charge in [-0.05, 0) is 33.1 Å². The van der Waals surface area contributed by atoms with Gasteiger partial charge >= 0.3 is 0 Å². The van der Waals surface area contributed by atoms with Crippen molar-refractivity contribution in [3.63, 3.8) is 0 Å². The fourth-order valence-electron chi connectivity index (χ4n) is 1.56. The molecule has 1 aromatic rings. The van der Waals surface area contributed by atoms with Crippen molar-refractivity contribution in [2.45, 2.75) is 24.8 Å². The lowest BCUT2D eigenvalue weighted by Crippen LogP contribution is -2.31. The number of likely N-dealkylation sites (N-methyl/N-ethyl adjacent to an activating group) is 1. The summed E-state index contributed by atoms with van der Waals surface area (Å²) in [6.07, 6.45) is 2.58. The molecule has 0 aromatic carbocycles. The SMILES string of the molecule is CCCNCc1cc(S(=O)(=O)NCCN(C)C)c[nH]1. The highest BCUT2D eigenvalue weighted by atomic mass is 32.2.